The number of hydrogen-bond donors (Lipinski definition) is 1. The zero-order valence-electron chi connectivity index (χ0n) is 14.7. The van der Waals surface area contributed by atoms with Crippen LogP contribution in [0.1, 0.15) is 5.56 Å². The number of aromatic nitrogens is 2. The number of piperazine rings is 1. The van der Waals surface area contributed by atoms with Crippen LogP contribution in [0.15, 0.2) is 48.7 Å². The highest BCUT2D eigenvalue weighted by Gasteiger charge is 2.14. The van der Waals surface area contributed by atoms with Crippen molar-refractivity contribution in [3.63, 3.8) is 0 Å². The van der Waals surface area contributed by atoms with Crippen molar-refractivity contribution in [3.8, 4) is 0 Å². The molecule has 0 radical (unpaired) electrons. The molecule has 1 aliphatic heterocycles. The van der Waals surface area contributed by atoms with E-state index in [0.717, 1.165) is 48.3 Å². The van der Waals surface area contributed by atoms with Gasteiger partial charge in [0.2, 0.25) is 5.95 Å². The molecule has 0 bridgehead atoms. The van der Waals surface area contributed by atoms with Gasteiger partial charge in [-0.2, -0.15) is 0 Å². The van der Waals surface area contributed by atoms with Crippen molar-refractivity contribution in [3.05, 3.63) is 54.2 Å². The van der Waals surface area contributed by atoms with Gasteiger partial charge in [0, 0.05) is 49.1 Å². The Kier molecular flexibility index (Phi) is 4.24. The van der Waals surface area contributed by atoms with Crippen molar-refractivity contribution in [2.45, 2.75) is 6.92 Å². The molecule has 1 aliphatic rings. The second-order valence-electron chi connectivity index (χ2n) is 6.67. The van der Waals surface area contributed by atoms with Crippen molar-refractivity contribution < 1.29 is 0 Å². The maximum atomic E-state index is 4.65. The first-order valence-electron chi connectivity index (χ1n) is 8.72. The molecule has 0 unspecified atom stereocenters. The van der Waals surface area contributed by atoms with Crippen molar-refractivity contribution >= 4 is 28.2 Å². The van der Waals surface area contributed by atoms with Gasteiger partial charge >= 0.3 is 0 Å². The minimum Gasteiger partial charge on any atom is -0.369 e. The van der Waals surface area contributed by atoms with E-state index in [4.69, 9.17) is 0 Å². The molecular formula is C20H23N5. The molecule has 128 valence electrons. The molecule has 2 aromatic carbocycles. The fraction of sp³-hybridized carbons (Fsp3) is 0.300. The SMILES string of the molecule is Cc1cccc2cnc(Nc3ccc(N4CCN(C)CC4)cc3)nc12. The van der Waals surface area contributed by atoms with Crippen LogP contribution in [0.5, 0.6) is 0 Å². The van der Waals surface area contributed by atoms with Crippen LogP contribution in [0.4, 0.5) is 17.3 Å². The second kappa shape index (κ2) is 6.69. The highest BCUT2D eigenvalue weighted by atomic mass is 15.2. The van der Waals surface area contributed by atoms with Crippen LogP contribution in [0, 0.1) is 6.92 Å². The molecule has 0 saturated carbocycles. The number of anilines is 3. The quantitative estimate of drug-likeness (QED) is 0.795. The largest absolute Gasteiger partial charge is 0.369 e. The number of benzene rings is 2. The number of likely N-dealkylation sites (N-methyl/N-ethyl adjacent to an activating group) is 1. The lowest BCUT2D eigenvalue weighted by atomic mass is 10.1. The first kappa shape index (κ1) is 15.8. The molecule has 0 amide bonds. The van der Waals surface area contributed by atoms with Gasteiger partial charge in [-0.1, -0.05) is 18.2 Å². The van der Waals surface area contributed by atoms with Crippen molar-refractivity contribution in [2.75, 3.05) is 43.4 Å². The summed E-state index contributed by atoms with van der Waals surface area (Å²) in [6.07, 6.45) is 1.87. The van der Waals surface area contributed by atoms with E-state index in [1.165, 1.54) is 5.69 Å². The van der Waals surface area contributed by atoms with Gasteiger partial charge in [0.25, 0.3) is 0 Å². The Morgan fingerprint density at radius 2 is 1.72 bits per heavy atom. The Morgan fingerprint density at radius 1 is 0.960 bits per heavy atom. The summed E-state index contributed by atoms with van der Waals surface area (Å²) in [5.41, 5.74) is 4.43. The molecule has 1 fully saturated rings. The second-order valence-corrected chi connectivity index (χ2v) is 6.67. The Balaban J connectivity index is 1.50. The standard InChI is InChI=1S/C20H23N5/c1-15-4-3-5-16-14-21-20(23-19(15)16)22-17-6-8-18(9-7-17)25-12-10-24(2)11-13-25/h3-9,14H,10-13H2,1-2H3,(H,21,22,23). The fourth-order valence-electron chi connectivity index (χ4n) is 3.21. The zero-order chi connectivity index (χ0) is 17.2. The Labute approximate surface area is 148 Å². The zero-order valence-corrected chi connectivity index (χ0v) is 14.7. The lowest BCUT2D eigenvalue weighted by Gasteiger charge is -2.34. The number of hydrogen-bond acceptors (Lipinski definition) is 5. The Bertz CT molecular complexity index is 867. The van der Waals surface area contributed by atoms with Crippen LogP contribution in [-0.2, 0) is 0 Å². The van der Waals surface area contributed by atoms with Crippen molar-refractivity contribution in [1.29, 1.82) is 0 Å². The van der Waals surface area contributed by atoms with Gasteiger partial charge in [0.1, 0.15) is 0 Å². The summed E-state index contributed by atoms with van der Waals surface area (Å²) in [7, 11) is 2.18. The van der Waals surface area contributed by atoms with E-state index < -0.39 is 0 Å². The maximum Gasteiger partial charge on any atom is 0.227 e. The first-order valence-corrected chi connectivity index (χ1v) is 8.72. The predicted octanol–water partition coefficient (Wildman–Crippen LogP) is 3.43. The summed E-state index contributed by atoms with van der Waals surface area (Å²) >= 11 is 0. The van der Waals surface area contributed by atoms with E-state index in [1.54, 1.807) is 0 Å². The number of fused-ring (bicyclic) bond motifs is 1. The minimum absolute atomic E-state index is 0.633. The summed E-state index contributed by atoms with van der Waals surface area (Å²) < 4.78 is 0. The van der Waals surface area contributed by atoms with E-state index in [0.29, 0.717) is 5.95 Å². The normalized spacial score (nSPS) is 15.5. The summed E-state index contributed by atoms with van der Waals surface area (Å²) in [5, 5.41) is 4.38. The lowest BCUT2D eigenvalue weighted by molar-refractivity contribution is 0.313. The third kappa shape index (κ3) is 3.42. The smallest absolute Gasteiger partial charge is 0.227 e. The molecule has 25 heavy (non-hydrogen) atoms. The fourth-order valence-corrected chi connectivity index (χ4v) is 3.21. The van der Waals surface area contributed by atoms with Gasteiger partial charge in [-0.3, -0.25) is 0 Å². The number of aryl methyl sites for hydroxylation is 1. The summed E-state index contributed by atoms with van der Waals surface area (Å²) in [4.78, 5) is 13.9. The summed E-state index contributed by atoms with van der Waals surface area (Å²) in [6, 6.07) is 14.7. The first-order chi connectivity index (χ1) is 12.2. The van der Waals surface area contributed by atoms with Crippen LogP contribution in [-0.4, -0.2) is 48.1 Å². The highest BCUT2D eigenvalue weighted by Crippen LogP contribution is 2.22. The highest BCUT2D eigenvalue weighted by molar-refractivity contribution is 5.82. The molecule has 3 aromatic rings. The molecule has 0 spiro atoms. The van der Waals surface area contributed by atoms with E-state index in [9.17, 15) is 0 Å². The van der Waals surface area contributed by atoms with Crippen LogP contribution in [0.2, 0.25) is 0 Å². The van der Waals surface area contributed by atoms with E-state index in [2.05, 4.69) is 69.4 Å². The number of para-hydroxylation sites is 1. The molecular weight excluding hydrogens is 310 g/mol. The topological polar surface area (TPSA) is 44.3 Å². The van der Waals surface area contributed by atoms with E-state index in [1.807, 2.05) is 18.3 Å². The van der Waals surface area contributed by atoms with Gasteiger partial charge in [-0.15, -0.1) is 0 Å². The summed E-state index contributed by atoms with van der Waals surface area (Å²) in [6.45, 7) is 6.46. The van der Waals surface area contributed by atoms with Gasteiger partial charge < -0.3 is 15.1 Å². The molecule has 1 N–H and O–H groups in total. The number of nitrogens with zero attached hydrogens (tertiary/aromatic N) is 4. The van der Waals surface area contributed by atoms with Crippen LogP contribution >= 0.6 is 0 Å². The minimum atomic E-state index is 0.633. The lowest BCUT2D eigenvalue weighted by Crippen LogP contribution is -2.44. The number of rotatable bonds is 3. The average Bonchev–Trinajstić information content (AvgIpc) is 2.64. The summed E-state index contributed by atoms with van der Waals surface area (Å²) in [5.74, 6) is 0.633. The van der Waals surface area contributed by atoms with Crippen LogP contribution in [0.3, 0.4) is 0 Å². The molecule has 1 saturated heterocycles. The van der Waals surface area contributed by atoms with Crippen LogP contribution < -0.4 is 10.2 Å². The average molecular weight is 333 g/mol. The third-order valence-electron chi connectivity index (χ3n) is 4.80. The van der Waals surface area contributed by atoms with Crippen LogP contribution in [0.25, 0.3) is 10.9 Å². The van der Waals surface area contributed by atoms with Gasteiger partial charge in [0.05, 0.1) is 5.52 Å². The van der Waals surface area contributed by atoms with Gasteiger partial charge in [-0.25, -0.2) is 9.97 Å². The maximum absolute atomic E-state index is 4.65. The number of nitrogens with one attached hydrogen (secondary N) is 1. The van der Waals surface area contributed by atoms with Crippen molar-refractivity contribution in [2.24, 2.45) is 0 Å². The molecule has 0 atom stereocenters. The molecule has 2 heterocycles. The molecule has 5 nitrogen and oxygen atoms in total. The predicted molar refractivity (Wildman–Crippen MR) is 104 cm³/mol. The van der Waals surface area contributed by atoms with Gasteiger partial charge in [-0.05, 0) is 43.8 Å². The molecule has 5 heteroatoms. The monoisotopic (exact) mass is 333 g/mol. The van der Waals surface area contributed by atoms with Gasteiger partial charge in [0.15, 0.2) is 0 Å². The third-order valence-corrected chi connectivity index (χ3v) is 4.80. The molecule has 4 rings (SSSR count). The Morgan fingerprint density at radius 3 is 2.48 bits per heavy atom. The van der Waals surface area contributed by atoms with E-state index in [-0.39, 0.29) is 0 Å². The Hall–Kier alpha value is -2.66. The molecule has 0 aliphatic carbocycles. The van der Waals surface area contributed by atoms with Crippen molar-refractivity contribution in [1.82, 2.24) is 14.9 Å². The molecule has 1 aromatic heterocycles. The van der Waals surface area contributed by atoms with E-state index >= 15 is 0 Å².